The Hall–Kier alpha value is 0.347. The Morgan fingerprint density at radius 1 is 0.567 bits per heavy atom. The molecule has 0 radical (unpaired) electrons. The summed E-state index contributed by atoms with van der Waals surface area (Å²) in [7, 11) is 2.61. The average molecular weight is 468 g/mol. The van der Waals surface area contributed by atoms with Crippen LogP contribution in [0.3, 0.4) is 0 Å². The van der Waals surface area contributed by atoms with Gasteiger partial charge in [0.1, 0.15) is 0 Å². The first kappa shape index (κ1) is 32.5. The Morgan fingerprint density at radius 3 is 1.27 bits per heavy atom. The van der Waals surface area contributed by atoms with E-state index in [1.165, 1.54) is 96.3 Å². The lowest BCUT2D eigenvalue weighted by atomic mass is 10.0. The average Bonchev–Trinajstić information content (AvgIpc) is 2.74. The SMILES string of the molecule is CCCCCCCCCCCCCCCCCC(N)CCC[Si](OC)(OC)OC.Cl. The van der Waals surface area contributed by atoms with E-state index in [0.717, 1.165) is 25.3 Å². The van der Waals surface area contributed by atoms with Crippen molar-refractivity contribution in [1.29, 1.82) is 0 Å². The Morgan fingerprint density at radius 2 is 0.900 bits per heavy atom. The van der Waals surface area contributed by atoms with Gasteiger partial charge in [0.15, 0.2) is 0 Å². The Kier molecular flexibility index (Phi) is 26.0. The molecule has 0 aliphatic carbocycles. The van der Waals surface area contributed by atoms with E-state index in [4.69, 9.17) is 19.0 Å². The maximum absolute atomic E-state index is 6.27. The molecule has 0 aliphatic heterocycles. The fraction of sp³-hybridized carbons (Fsp3) is 1.00. The molecular weight excluding hydrogens is 414 g/mol. The molecule has 1 unspecified atom stereocenters. The molecule has 0 aliphatic rings. The van der Waals surface area contributed by atoms with Crippen molar-refractivity contribution < 1.29 is 13.3 Å². The van der Waals surface area contributed by atoms with Gasteiger partial charge in [-0.3, -0.25) is 0 Å². The van der Waals surface area contributed by atoms with Crippen LogP contribution in [0.5, 0.6) is 0 Å². The van der Waals surface area contributed by atoms with E-state index in [1.54, 1.807) is 21.3 Å². The molecule has 0 aromatic rings. The van der Waals surface area contributed by atoms with Crippen molar-refractivity contribution in [2.24, 2.45) is 5.73 Å². The number of unbranched alkanes of at least 4 members (excludes halogenated alkanes) is 14. The zero-order valence-electron chi connectivity index (χ0n) is 20.7. The molecule has 0 heterocycles. The minimum absolute atomic E-state index is 0. The van der Waals surface area contributed by atoms with Gasteiger partial charge < -0.3 is 19.0 Å². The van der Waals surface area contributed by atoms with Crippen molar-refractivity contribution in [2.75, 3.05) is 21.3 Å². The van der Waals surface area contributed by atoms with Gasteiger partial charge in [0.2, 0.25) is 0 Å². The van der Waals surface area contributed by atoms with Gasteiger partial charge in [0, 0.05) is 33.4 Å². The minimum atomic E-state index is -2.41. The van der Waals surface area contributed by atoms with E-state index in [-0.39, 0.29) is 12.4 Å². The summed E-state index contributed by atoms with van der Waals surface area (Å²) in [6, 6.07) is 1.15. The van der Waals surface area contributed by atoms with Crippen molar-refractivity contribution in [3.63, 3.8) is 0 Å². The lowest BCUT2D eigenvalue weighted by Crippen LogP contribution is -2.42. The quantitative estimate of drug-likeness (QED) is 0.124. The highest BCUT2D eigenvalue weighted by atomic mass is 35.5. The first-order valence-electron chi connectivity index (χ1n) is 12.5. The lowest BCUT2D eigenvalue weighted by molar-refractivity contribution is 0.122. The second kappa shape index (κ2) is 24.0. The third-order valence-electron chi connectivity index (χ3n) is 6.17. The molecule has 0 aromatic carbocycles. The van der Waals surface area contributed by atoms with Gasteiger partial charge in [-0.2, -0.15) is 0 Å². The van der Waals surface area contributed by atoms with Crippen molar-refractivity contribution in [3.8, 4) is 0 Å². The molecular formula is C24H54ClNO3Si. The van der Waals surface area contributed by atoms with Gasteiger partial charge in [0.25, 0.3) is 0 Å². The summed E-state index contributed by atoms with van der Waals surface area (Å²) < 4.78 is 16.4. The monoisotopic (exact) mass is 467 g/mol. The van der Waals surface area contributed by atoms with Crippen LogP contribution in [0.1, 0.15) is 122 Å². The zero-order valence-corrected chi connectivity index (χ0v) is 22.5. The van der Waals surface area contributed by atoms with Crippen LogP contribution in [0.25, 0.3) is 0 Å². The van der Waals surface area contributed by atoms with Gasteiger partial charge in [-0.1, -0.05) is 103 Å². The van der Waals surface area contributed by atoms with Crippen LogP contribution in [-0.4, -0.2) is 36.2 Å². The lowest BCUT2D eigenvalue weighted by Gasteiger charge is -2.24. The largest absolute Gasteiger partial charge is 0.500 e. The molecule has 1 atom stereocenters. The van der Waals surface area contributed by atoms with E-state index < -0.39 is 8.80 Å². The summed E-state index contributed by atoms with van der Waals surface area (Å²) in [4.78, 5) is 0. The molecule has 0 spiro atoms. The summed E-state index contributed by atoms with van der Waals surface area (Å²) in [6.45, 7) is 2.29. The normalized spacial score (nSPS) is 12.7. The van der Waals surface area contributed by atoms with Gasteiger partial charge in [0.05, 0.1) is 0 Å². The molecule has 4 nitrogen and oxygen atoms in total. The fourth-order valence-electron chi connectivity index (χ4n) is 4.06. The smallest absolute Gasteiger partial charge is 0.377 e. The maximum Gasteiger partial charge on any atom is 0.500 e. The molecule has 2 N–H and O–H groups in total. The van der Waals surface area contributed by atoms with Gasteiger partial charge in [-0.25, -0.2) is 0 Å². The molecule has 0 bridgehead atoms. The summed E-state index contributed by atoms with van der Waals surface area (Å²) >= 11 is 0. The number of hydrogen-bond acceptors (Lipinski definition) is 4. The third kappa shape index (κ3) is 19.1. The molecule has 0 saturated carbocycles. The molecule has 0 rings (SSSR count). The van der Waals surface area contributed by atoms with E-state index >= 15 is 0 Å². The van der Waals surface area contributed by atoms with E-state index in [1.807, 2.05) is 0 Å². The Bertz CT molecular complexity index is 325. The molecule has 184 valence electrons. The Labute approximate surface area is 196 Å². The summed E-state index contributed by atoms with van der Waals surface area (Å²) in [5.41, 5.74) is 6.27. The van der Waals surface area contributed by atoms with Crippen molar-refractivity contribution in [2.45, 2.75) is 135 Å². The van der Waals surface area contributed by atoms with Crippen LogP contribution >= 0.6 is 12.4 Å². The van der Waals surface area contributed by atoms with Crippen molar-refractivity contribution in [3.05, 3.63) is 0 Å². The number of hydrogen-bond donors (Lipinski definition) is 1. The fourth-order valence-corrected chi connectivity index (χ4v) is 5.81. The van der Waals surface area contributed by atoms with Crippen molar-refractivity contribution >= 4 is 21.2 Å². The minimum Gasteiger partial charge on any atom is -0.377 e. The number of nitrogens with two attached hydrogens (primary N) is 1. The van der Waals surface area contributed by atoms with E-state index in [0.29, 0.717) is 6.04 Å². The summed E-state index contributed by atoms with van der Waals surface area (Å²) in [6.07, 6.45) is 24.3. The maximum atomic E-state index is 6.27. The second-order valence-corrected chi connectivity index (χ2v) is 11.8. The van der Waals surface area contributed by atoms with Crippen LogP contribution in [0.15, 0.2) is 0 Å². The predicted octanol–water partition coefficient (Wildman–Crippen LogP) is 7.66. The highest BCUT2D eigenvalue weighted by Gasteiger charge is 2.36. The standard InChI is InChI=1S/C24H53NO3Si.ClH/c1-5-6-7-8-9-10-11-12-13-14-15-16-17-18-19-21-24(25)22-20-23-29(26-2,27-3)28-4;/h24H,5-23,25H2,1-4H3;1H. The highest BCUT2D eigenvalue weighted by Crippen LogP contribution is 2.18. The van der Waals surface area contributed by atoms with Crippen LogP contribution in [0.4, 0.5) is 0 Å². The molecule has 30 heavy (non-hydrogen) atoms. The van der Waals surface area contributed by atoms with E-state index in [2.05, 4.69) is 6.92 Å². The van der Waals surface area contributed by atoms with Crippen molar-refractivity contribution in [1.82, 2.24) is 0 Å². The molecule has 0 saturated heterocycles. The highest BCUT2D eigenvalue weighted by molar-refractivity contribution is 6.60. The number of rotatable bonds is 23. The van der Waals surface area contributed by atoms with Gasteiger partial charge in [-0.05, 0) is 19.3 Å². The molecule has 0 amide bonds. The summed E-state index contributed by atoms with van der Waals surface area (Å²) in [5.74, 6) is 0. The number of halogens is 1. The second-order valence-electron chi connectivity index (χ2n) is 8.69. The van der Waals surface area contributed by atoms with Crippen LogP contribution in [-0.2, 0) is 13.3 Å². The van der Waals surface area contributed by atoms with Crippen LogP contribution in [0, 0.1) is 0 Å². The van der Waals surface area contributed by atoms with Crippen LogP contribution in [0.2, 0.25) is 6.04 Å². The van der Waals surface area contributed by atoms with Crippen LogP contribution < -0.4 is 5.73 Å². The summed E-state index contributed by atoms with van der Waals surface area (Å²) in [5, 5.41) is 0. The molecule has 0 fully saturated rings. The van der Waals surface area contributed by atoms with Gasteiger partial charge in [-0.15, -0.1) is 12.4 Å². The van der Waals surface area contributed by atoms with E-state index in [9.17, 15) is 0 Å². The molecule has 6 heteroatoms. The first-order chi connectivity index (χ1) is 14.1. The molecule has 0 aromatic heterocycles. The Balaban J connectivity index is 0. The van der Waals surface area contributed by atoms with Gasteiger partial charge >= 0.3 is 8.80 Å². The topological polar surface area (TPSA) is 53.7 Å². The third-order valence-corrected chi connectivity index (χ3v) is 9.00. The zero-order chi connectivity index (χ0) is 21.6. The predicted molar refractivity (Wildman–Crippen MR) is 136 cm³/mol. The first-order valence-corrected chi connectivity index (χ1v) is 14.5.